The van der Waals surface area contributed by atoms with Crippen molar-refractivity contribution in [3.05, 3.63) is 24.3 Å². The highest BCUT2D eigenvalue weighted by molar-refractivity contribution is 7.78. The van der Waals surface area contributed by atoms with Crippen LogP contribution in [0.2, 0.25) is 0 Å². The van der Waals surface area contributed by atoms with Gasteiger partial charge in [-0.2, -0.15) is 0 Å². The molecule has 1 amide bonds. The average molecular weight is 329 g/mol. The van der Waals surface area contributed by atoms with Crippen LogP contribution in [-0.2, 0) is 15.4 Å². The summed E-state index contributed by atoms with van der Waals surface area (Å²) in [6, 6.07) is 6.81. The summed E-state index contributed by atoms with van der Waals surface area (Å²) in [6.45, 7) is 8.98. The fourth-order valence-corrected chi connectivity index (χ4v) is 2.07. The van der Waals surface area contributed by atoms with E-state index in [9.17, 15) is 9.00 Å². The summed E-state index contributed by atoms with van der Waals surface area (Å²) in [5.41, 5.74) is -0.641. The van der Waals surface area contributed by atoms with Crippen molar-refractivity contribution in [1.29, 1.82) is 0 Å². The predicted molar refractivity (Wildman–Crippen MR) is 85.0 cm³/mol. The smallest absolute Gasteiger partial charge is 0.428 e. The second kappa shape index (κ2) is 7.60. The Bertz CT molecular complexity index is 539. The van der Waals surface area contributed by atoms with Gasteiger partial charge in [0.1, 0.15) is 0 Å². The van der Waals surface area contributed by atoms with Crippen LogP contribution >= 0.6 is 0 Å². The van der Waals surface area contributed by atoms with Gasteiger partial charge in [-0.1, -0.05) is 12.1 Å². The molecule has 1 unspecified atom stereocenters. The number of hydrogen-bond donors (Lipinski definition) is 0. The van der Waals surface area contributed by atoms with Gasteiger partial charge in [0.15, 0.2) is 11.5 Å². The van der Waals surface area contributed by atoms with Crippen molar-refractivity contribution in [2.45, 2.75) is 46.3 Å². The zero-order chi connectivity index (χ0) is 16.9. The number of carbonyl (C=O) groups excluding carboxylic acids is 1. The average Bonchev–Trinajstić information content (AvgIpc) is 2.37. The quantitative estimate of drug-likeness (QED) is 0.829. The molecular weight excluding hydrogens is 306 g/mol. The second-order valence-electron chi connectivity index (χ2n) is 5.89. The third-order valence-corrected chi connectivity index (χ3v) is 3.45. The topological polar surface area (TPSA) is 65.1 Å². The van der Waals surface area contributed by atoms with E-state index in [2.05, 4.69) is 0 Å². The molecule has 0 bridgehead atoms. The minimum absolute atomic E-state index is 0.0593. The Kier molecular flexibility index (Phi) is 6.37. The van der Waals surface area contributed by atoms with E-state index in [1.807, 2.05) is 13.8 Å². The first kappa shape index (κ1) is 18.4. The van der Waals surface area contributed by atoms with Gasteiger partial charge in [-0.25, -0.2) is 13.3 Å². The summed E-state index contributed by atoms with van der Waals surface area (Å²) in [5, 5.41) is 0. The van der Waals surface area contributed by atoms with Gasteiger partial charge < -0.3 is 9.47 Å². The van der Waals surface area contributed by atoms with Crippen molar-refractivity contribution in [3.63, 3.8) is 0 Å². The molecule has 0 heterocycles. The highest BCUT2D eigenvalue weighted by atomic mass is 32.2. The van der Waals surface area contributed by atoms with E-state index in [0.29, 0.717) is 5.75 Å². The third kappa shape index (κ3) is 6.03. The Morgan fingerprint density at radius 1 is 1.18 bits per heavy atom. The first-order chi connectivity index (χ1) is 10.1. The van der Waals surface area contributed by atoms with Crippen molar-refractivity contribution in [2.75, 3.05) is 7.05 Å². The van der Waals surface area contributed by atoms with Crippen LogP contribution in [-0.4, -0.2) is 33.4 Å². The minimum Gasteiger partial charge on any atom is -0.487 e. The highest BCUT2D eigenvalue weighted by Gasteiger charge is 2.24. The van der Waals surface area contributed by atoms with Gasteiger partial charge in [-0.3, -0.25) is 4.18 Å². The number of amides is 1. The summed E-state index contributed by atoms with van der Waals surface area (Å²) in [6.07, 6.45) is -0.849. The highest BCUT2D eigenvalue weighted by Crippen LogP contribution is 2.28. The maximum atomic E-state index is 12.1. The third-order valence-electron chi connectivity index (χ3n) is 2.21. The van der Waals surface area contributed by atoms with Crippen molar-refractivity contribution in [3.8, 4) is 11.5 Å². The van der Waals surface area contributed by atoms with Gasteiger partial charge in [-0.15, -0.1) is 0 Å². The SMILES string of the molecule is CC(C)Oc1ccccc1OC(=O)N(C)S(=O)OC(C)(C)C. The maximum absolute atomic E-state index is 12.1. The molecule has 7 heteroatoms. The number of nitrogens with zero attached hydrogens (tertiary/aromatic N) is 1. The molecule has 1 aromatic rings. The standard InChI is InChI=1S/C15H23NO5S/c1-11(2)19-12-9-7-8-10-13(12)20-14(17)16(6)22(18)21-15(3,4)5/h7-11H,1-6H3. The fourth-order valence-electron chi connectivity index (χ4n) is 1.37. The lowest BCUT2D eigenvalue weighted by molar-refractivity contribution is 0.135. The number of rotatable bonds is 5. The van der Waals surface area contributed by atoms with Gasteiger partial charge in [0.05, 0.1) is 11.7 Å². The molecule has 6 nitrogen and oxygen atoms in total. The molecule has 0 radical (unpaired) electrons. The summed E-state index contributed by atoms with van der Waals surface area (Å²) in [4.78, 5) is 12.1. The van der Waals surface area contributed by atoms with Gasteiger partial charge in [-0.05, 0) is 46.8 Å². The fraction of sp³-hybridized carbons (Fsp3) is 0.533. The van der Waals surface area contributed by atoms with E-state index < -0.39 is 23.0 Å². The molecule has 22 heavy (non-hydrogen) atoms. The van der Waals surface area contributed by atoms with E-state index in [1.165, 1.54) is 7.05 Å². The Morgan fingerprint density at radius 3 is 2.23 bits per heavy atom. The summed E-state index contributed by atoms with van der Waals surface area (Å²) < 4.78 is 28.8. The lowest BCUT2D eigenvalue weighted by Crippen LogP contribution is -2.36. The number of benzene rings is 1. The van der Waals surface area contributed by atoms with Crippen LogP contribution in [0.3, 0.4) is 0 Å². The van der Waals surface area contributed by atoms with Crippen LogP contribution < -0.4 is 9.47 Å². The number of para-hydroxylation sites is 2. The Labute approximate surface area is 134 Å². The second-order valence-corrected chi connectivity index (χ2v) is 7.04. The number of hydrogen-bond acceptors (Lipinski definition) is 5. The predicted octanol–water partition coefficient (Wildman–Crippen LogP) is 3.30. The van der Waals surface area contributed by atoms with Gasteiger partial charge >= 0.3 is 6.09 Å². The van der Waals surface area contributed by atoms with Crippen LogP contribution in [0.5, 0.6) is 11.5 Å². The number of ether oxygens (including phenoxy) is 2. The van der Waals surface area contributed by atoms with E-state index in [4.69, 9.17) is 13.7 Å². The van der Waals surface area contributed by atoms with Crippen molar-refractivity contribution in [1.82, 2.24) is 4.31 Å². The molecule has 0 aromatic heterocycles. The van der Waals surface area contributed by atoms with Crippen molar-refractivity contribution in [2.24, 2.45) is 0 Å². The van der Waals surface area contributed by atoms with Crippen molar-refractivity contribution < 1.29 is 22.7 Å². The Morgan fingerprint density at radius 2 is 1.73 bits per heavy atom. The molecule has 0 N–H and O–H groups in total. The molecule has 0 fully saturated rings. The van der Waals surface area contributed by atoms with E-state index in [0.717, 1.165) is 4.31 Å². The van der Waals surface area contributed by atoms with Crippen LogP contribution in [0, 0.1) is 0 Å². The Hall–Kier alpha value is -1.60. The van der Waals surface area contributed by atoms with Crippen molar-refractivity contribution >= 4 is 17.4 Å². The summed E-state index contributed by atoms with van der Waals surface area (Å²) >= 11 is -1.94. The molecule has 1 aromatic carbocycles. The molecule has 0 spiro atoms. The van der Waals surface area contributed by atoms with E-state index in [-0.39, 0.29) is 11.9 Å². The largest absolute Gasteiger partial charge is 0.487 e. The van der Waals surface area contributed by atoms with Gasteiger partial charge in [0, 0.05) is 7.05 Å². The zero-order valence-corrected chi connectivity index (χ0v) is 14.6. The van der Waals surface area contributed by atoms with Crippen LogP contribution in [0.25, 0.3) is 0 Å². The van der Waals surface area contributed by atoms with Crippen LogP contribution in [0.15, 0.2) is 24.3 Å². The minimum atomic E-state index is -1.94. The molecule has 124 valence electrons. The zero-order valence-electron chi connectivity index (χ0n) is 13.8. The number of carbonyl (C=O) groups is 1. The Balaban J connectivity index is 2.78. The molecular formula is C15H23NO5S. The molecule has 0 saturated carbocycles. The van der Waals surface area contributed by atoms with Gasteiger partial charge in [0.25, 0.3) is 11.3 Å². The first-order valence-corrected chi connectivity index (χ1v) is 7.96. The molecule has 0 aliphatic rings. The van der Waals surface area contributed by atoms with Gasteiger partial charge in [0.2, 0.25) is 0 Å². The molecule has 1 rings (SSSR count). The monoisotopic (exact) mass is 329 g/mol. The van der Waals surface area contributed by atoms with Crippen LogP contribution in [0.1, 0.15) is 34.6 Å². The first-order valence-electron chi connectivity index (χ1n) is 6.93. The lowest BCUT2D eigenvalue weighted by atomic mass is 10.2. The maximum Gasteiger partial charge on any atom is 0.428 e. The molecule has 0 saturated heterocycles. The van der Waals surface area contributed by atoms with E-state index >= 15 is 0 Å². The van der Waals surface area contributed by atoms with E-state index in [1.54, 1.807) is 45.0 Å². The summed E-state index contributed by atoms with van der Waals surface area (Å²) in [7, 11) is 1.34. The lowest BCUT2D eigenvalue weighted by Gasteiger charge is -2.22. The van der Waals surface area contributed by atoms with Crippen LogP contribution in [0.4, 0.5) is 4.79 Å². The molecule has 0 aliphatic heterocycles. The summed E-state index contributed by atoms with van der Waals surface area (Å²) in [5.74, 6) is 0.711. The molecule has 0 aliphatic carbocycles. The molecule has 1 atom stereocenters. The normalized spacial score (nSPS) is 12.9.